The Bertz CT molecular complexity index is 438. The first-order valence-corrected chi connectivity index (χ1v) is 7.27. The SMILES string of the molecule is CO/C=C(/CC/C=C/C(=O)OC)CCCC/C=C(\C)[N+](=O)[O-]. The Labute approximate surface area is 131 Å². The Morgan fingerprint density at radius 2 is 1.91 bits per heavy atom. The molecule has 0 aromatic carbocycles. The molecule has 22 heavy (non-hydrogen) atoms. The molecule has 0 spiro atoms. The van der Waals surface area contributed by atoms with Crippen LogP contribution in [0.15, 0.2) is 35.8 Å². The van der Waals surface area contributed by atoms with Crippen LogP contribution in [0, 0.1) is 10.1 Å². The Kier molecular flexibility index (Phi) is 11.4. The number of nitro groups is 1. The predicted molar refractivity (Wildman–Crippen MR) is 84.7 cm³/mol. The van der Waals surface area contributed by atoms with Gasteiger partial charge in [0.05, 0.1) is 25.4 Å². The summed E-state index contributed by atoms with van der Waals surface area (Å²) < 4.78 is 9.57. The monoisotopic (exact) mass is 311 g/mol. The number of unbranched alkanes of at least 4 members (excludes halogenated alkanes) is 2. The van der Waals surface area contributed by atoms with Gasteiger partial charge in [0.25, 0.3) is 0 Å². The molecular formula is C16H25NO5. The van der Waals surface area contributed by atoms with Gasteiger partial charge in [0.15, 0.2) is 0 Å². The van der Waals surface area contributed by atoms with Gasteiger partial charge >= 0.3 is 5.97 Å². The van der Waals surface area contributed by atoms with Gasteiger partial charge in [0.2, 0.25) is 5.70 Å². The van der Waals surface area contributed by atoms with Crippen LogP contribution in [0.3, 0.4) is 0 Å². The molecule has 0 heterocycles. The topological polar surface area (TPSA) is 78.7 Å². The average molecular weight is 311 g/mol. The lowest BCUT2D eigenvalue weighted by Gasteiger charge is -2.05. The number of esters is 1. The maximum atomic E-state index is 10.9. The third-order valence-corrected chi connectivity index (χ3v) is 3.05. The number of nitrogens with zero attached hydrogens (tertiary/aromatic N) is 1. The summed E-state index contributed by atoms with van der Waals surface area (Å²) in [4.78, 5) is 21.0. The van der Waals surface area contributed by atoms with Gasteiger partial charge in [-0.05, 0) is 50.2 Å². The fourth-order valence-electron chi connectivity index (χ4n) is 1.81. The van der Waals surface area contributed by atoms with Crippen molar-refractivity contribution >= 4 is 5.97 Å². The normalized spacial score (nSPS) is 12.5. The van der Waals surface area contributed by atoms with Crippen molar-refractivity contribution in [3.8, 4) is 0 Å². The van der Waals surface area contributed by atoms with Crippen molar-refractivity contribution in [3.05, 3.63) is 45.9 Å². The zero-order valence-corrected chi connectivity index (χ0v) is 13.5. The molecule has 0 unspecified atom stereocenters. The first-order chi connectivity index (χ1) is 10.5. The zero-order valence-electron chi connectivity index (χ0n) is 13.5. The van der Waals surface area contributed by atoms with Gasteiger partial charge in [-0.15, -0.1) is 0 Å². The summed E-state index contributed by atoms with van der Waals surface area (Å²) in [6, 6.07) is 0. The Balaban J connectivity index is 4.04. The van der Waals surface area contributed by atoms with Crippen LogP contribution < -0.4 is 0 Å². The van der Waals surface area contributed by atoms with E-state index in [1.165, 1.54) is 20.1 Å². The Hall–Kier alpha value is -2.11. The number of ether oxygens (including phenoxy) is 2. The lowest BCUT2D eigenvalue weighted by molar-refractivity contribution is -0.424. The van der Waals surface area contributed by atoms with Crippen LogP contribution in [0.25, 0.3) is 0 Å². The van der Waals surface area contributed by atoms with Gasteiger partial charge in [-0.1, -0.05) is 6.08 Å². The summed E-state index contributed by atoms with van der Waals surface area (Å²) in [5.74, 6) is -0.356. The first kappa shape index (κ1) is 19.9. The maximum absolute atomic E-state index is 10.9. The molecule has 0 aromatic heterocycles. The highest BCUT2D eigenvalue weighted by Crippen LogP contribution is 2.16. The molecule has 0 atom stereocenters. The second-order valence-electron chi connectivity index (χ2n) is 4.82. The van der Waals surface area contributed by atoms with E-state index in [9.17, 15) is 14.9 Å². The van der Waals surface area contributed by atoms with Crippen LogP contribution >= 0.6 is 0 Å². The van der Waals surface area contributed by atoms with E-state index in [-0.39, 0.29) is 16.6 Å². The standard InChI is InChI=1S/C16H25NO5/c1-14(17(19)20)9-5-4-6-10-15(13-21-2)11-7-8-12-16(18)22-3/h8-9,12-13H,4-7,10-11H2,1-3H3/b12-8+,14-9+,15-13+. The van der Waals surface area contributed by atoms with Crippen molar-refractivity contribution in [1.29, 1.82) is 0 Å². The number of allylic oxidation sites excluding steroid dienone is 4. The van der Waals surface area contributed by atoms with E-state index in [2.05, 4.69) is 4.74 Å². The molecule has 0 radical (unpaired) electrons. The quantitative estimate of drug-likeness (QED) is 0.145. The molecule has 0 aliphatic carbocycles. The minimum atomic E-state index is -0.371. The van der Waals surface area contributed by atoms with E-state index < -0.39 is 0 Å². The van der Waals surface area contributed by atoms with Gasteiger partial charge in [-0.2, -0.15) is 0 Å². The molecule has 0 saturated heterocycles. The first-order valence-electron chi connectivity index (χ1n) is 7.27. The summed E-state index contributed by atoms with van der Waals surface area (Å²) in [7, 11) is 2.95. The lowest BCUT2D eigenvalue weighted by atomic mass is 10.0. The third-order valence-electron chi connectivity index (χ3n) is 3.05. The summed E-state index contributed by atoms with van der Waals surface area (Å²) >= 11 is 0. The number of carbonyl (C=O) groups is 1. The van der Waals surface area contributed by atoms with Crippen LogP contribution in [0.5, 0.6) is 0 Å². The summed E-state index contributed by atoms with van der Waals surface area (Å²) in [6.07, 6.45) is 11.5. The number of carbonyl (C=O) groups excluding carboxylic acids is 1. The van der Waals surface area contributed by atoms with Crippen molar-refractivity contribution in [2.45, 2.75) is 45.4 Å². The predicted octanol–water partition coefficient (Wildman–Crippen LogP) is 3.77. The van der Waals surface area contributed by atoms with E-state index in [1.54, 1.807) is 25.5 Å². The summed E-state index contributed by atoms with van der Waals surface area (Å²) in [6.45, 7) is 1.50. The molecule has 0 fully saturated rings. The van der Waals surface area contributed by atoms with Crippen LogP contribution in [0.4, 0.5) is 0 Å². The zero-order chi connectivity index (χ0) is 16.8. The highest BCUT2D eigenvalue weighted by molar-refractivity contribution is 5.81. The highest BCUT2D eigenvalue weighted by Gasteiger charge is 2.01. The van der Waals surface area contributed by atoms with Crippen LogP contribution in [-0.2, 0) is 14.3 Å². The van der Waals surface area contributed by atoms with Gasteiger partial charge in [0.1, 0.15) is 0 Å². The van der Waals surface area contributed by atoms with Crippen LogP contribution in [0.2, 0.25) is 0 Å². The second-order valence-corrected chi connectivity index (χ2v) is 4.82. The van der Waals surface area contributed by atoms with Crippen molar-refractivity contribution < 1.29 is 19.2 Å². The molecule has 0 rings (SSSR count). The Morgan fingerprint density at radius 3 is 2.50 bits per heavy atom. The average Bonchev–Trinajstić information content (AvgIpc) is 2.50. The van der Waals surface area contributed by atoms with Crippen LogP contribution in [-0.4, -0.2) is 25.1 Å². The fourth-order valence-corrected chi connectivity index (χ4v) is 1.81. The Morgan fingerprint density at radius 1 is 1.18 bits per heavy atom. The van der Waals surface area contributed by atoms with E-state index in [4.69, 9.17) is 4.74 Å². The van der Waals surface area contributed by atoms with Gasteiger partial charge in [-0.25, -0.2) is 4.79 Å². The number of methoxy groups -OCH3 is 2. The van der Waals surface area contributed by atoms with Crippen molar-refractivity contribution in [2.75, 3.05) is 14.2 Å². The number of hydrogen-bond donors (Lipinski definition) is 0. The molecule has 124 valence electrons. The van der Waals surface area contributed by atoms with E-state index in [0.717, 1.165) is 37.7 Å². The third kappa shape index (κ3) is 10.7. The molecule has 6 heteroatoms. The molecule has 0 aromatic rings. The molecule has 0 aliphatic heterocycles. The van der Waals surface area contributed by atoms with Gasteiger partial charge in [-0.3, -0.25) is 10.1 Å². The molecule has 0 amide bonds. The van der Waals surface area contributed by atoms with Crippen molar-refractivity contribution in [1.82, 2.24) is 0 Å². The van der Waals surface area contributed by atoms with Crippen molar-refractivity contribution in [2.24, 2.45) is 0 Å². The van der Waals surface area contributed by atoms with Crippen molar-refractivity contribution in [3.63, 3.8) is 0 Å². The molecular weight excluding hydrogens is 286 g/mol. The van der Waals surface area contributed by atoms with E-state index in [0.29, 0.717) is 6.42 Å². The van der Waals surface area contributed by atoms with Gasteiger partial charge < -0.3 is 9.47 Å². The minimum absolute atomic E-state index is 0.195. The fraction of sp³-hybridized carbons (Fsp3) is 0.562. The lowest BCUT2D eigenvalue weighted by Crippen LogP contribution is -1.94. The minimum Gasteiger partial charge on any atom is -0.504 e. The number of hydrogen-bond acceptors (Lipinski definition) is 5. The van der Waals surface area contributed by atoms with E-state index in [1.807, 2.05) is 0 Å². The molecule has 6 nitrogen and oxygen atoms in total. The maximum Gasteiger partial charge on any atom is 0.330 e. The molecule has 0 bridgehead atoms. The molecule has 0 saturated carbocycles. The summed E-state index contributed by atoms with van der Waals surface area (Å²) in [5, 5.41) is 10.4. The van der Waals surface area contributed by atoms with Gasteiger partial charge in [0, 0.05) is 13.0 Å². The van der Waals surface area contributed by atoms with Crippen LogP contribution in [0.1, 0.15) is 45.4 Å². The molecule has 0 aliphatic rings. The summed E-state index contributed by atoms with van der Waals surface area (Å²) in [5.41, 5.74) is 1.35. The molecule has 0 N–H and O–H groups in total. The highest BCUT2D eigenvalue weighted by atomic mass is 16.6. The second kappa shape index (κ2) is 12.6. The smallest absolute Gasteiger partial charge is 0.330 e. The largest absolute Gasteiger partial charge is 0.504 e. The van der Waals surface area contributed by atoms with E-state index >= 15 is 0 Å². The number of rotatable bonds is 11.